The summed E-state index contributed by atoms with van der Waals surface area (Å²) >= 11 is 0. The molecule has 0 rings (SSSR count). The molecule has 186 valence electrons. The first-order valence-electron chi connectivity index (χ1n) is 11.9. The van der Waals surface area contributed by atoms with Crippen LogP contribution >= 0.6 is 0 Å². The highest BCUT2D eigenvalue weighted by molar-refractivity contribution is 5.92. The third kappa shape index (κ3) is 12.1. The number of nitrogens with zero attached hydrogens (tertiary/aromatic N) is 1. The van der Waals surface area contributed by atoms with E-state index in [4.69, 9.17) is 4.74 Å². The number of ether oxygens (including phenoxy) is 1. The van der Waals surface area contributed by atoms with Crippen LogP contribution in [0, 0.1) is 5.92 Å². The zero-order chi connectivity index (χ0) is 24.7. The molecule has 0 saturated heterocycles. The number of rotatable bonds is 16. The smallest absolute Gasteiger partial charge is 0.331 e. The molecule has 32 heavy (non-hydrogen) atoms. The van der Waals surface area contributed by atoms with E-state index in [1.165, 1.54) is 31.3 Å². The quantitative estimate of drug-likeness (QED) is 0.275. The van der Waals surface area contributed by atoms with E-state index in [0.29, 0.717) is 12.8 Å². The van der Waals surface area contributed by atoms with E-state index in [-0.39, 0.29) is 30.6 Å². The highest BCUT2D eigenvalue weighted by Gasteiger charge is 2.38. The molecule has 0 aliphatic carbocycles. The van der Waals surface area contributed by atoms with Crippen LogP contribution in [0.25, 0.3) is 0 Å². The zero-order valence-electron chi connectivity index (χ0n) is 21.2. The number of nitrogens with one attached hydrogen (secondary N) is 2. The maximum Gasteiger partial charge on any atom is 0.331 e. The van der Waals surface area contributed by atoms with E-state index >= 15 is 0 Å². The molecule has 2 atom stereocenters. The van der Waals surface area contributed by atoms with Crippen molar-refractivity contribution in [3.8, 4) is 0 Å². The van der Waals surface area contributed by atoms with Crippen LogP contribution in [0.2, 0.25) is 0 Å². The monoisotopic (exact) mass is 455 g/mol. The zero-order valence-corrected chi connectivity index (χ0v) is 21.2. The van der Waals surface area contributed by atoms with Crippen LogP contribution in [0.4, 0.5) is 0 Å². The second-order valence-electron chi connectivity index (χ2n) is 9.37. The van der Waals surface area contributed by atoms with E-state index in [0.717, 1.165) is 19.3 Å². The molecule has 2 N–H and O–H groups in total. The molecule has 0 heterocycles. The molecule has 0 aliphatic rings. The van der Waals surface area contributed by atoms with Crippen molar-refractivity contribution in [3.05, 3.63) is 0 Å². The number of hydrogen-bond donors (Lipinski definition) is 2. The highest BCUT2D eigenvalue weighted by atomic mass is 16.5. The van der Waals surface area contributed by atoms with Crippen LogP contribution in [0.15, 0.2) is 0 Å². The van der Waals surface area contributed by atoms with Gasteiger partial charge >= 0.3 is 5.97 Å². The molecule has 8 heteroatoms. The van der Waals surface area contributed by atoms with Gasteiger partial charge in [-0.05, 0) is 32.1 Å². The van der Waals surface area contributed by atoms with E-state index in [9.17, 15) is 19.2 Å². The Morgan fingerprint density at radius 1 is 0.969 bits per heavy atom. The molecular weight excluding hydrogens is 410 g/mol. The summed E-state index contributed by atoms with van der Waals surface area (Å²) in [4.78, 5) is 51.3. The van der Waals surface area contributed by atoms with Gasteiger partial charge in [0.25, 0.3) is 0 Å². The first kappa shape index (κ1) is 29.9. The van der Waals surface area contributed by atoms with Crippen molar-refractivity contribution in [2.45, 2.75) is 103 Å². The molecule has 0 aliphatic heterocycles. The summed E-state index contributed by atoms with van der Waals surface area (Å²) in [5, 5.41) is 5.58. The Morgan fingerprint density at radius 3 is 2.09 bits per heavy atom. The van der Waals surface area contributed by atoms with Crippen LogP contribution in [-0.4, -0.2) is 61.4 Å². The fourth-order valence-corrected chi connectivity index (χ4v) is 3.42. The van der Waals surface area contributed by atoms with E-state index in [1.807, 2.05) is 13.8 Å². The van der Waals surface area contributed by atoms with Crippen LogP contribution in [0.1, 0.15) is 91.9 Å². The summed E-state index contributed by atoms with van der Waals surface area (Å²) < 4.78 is 4.88. The molecule has 0 aromatic rings. The van der Waals surface area contributed by atoms with Crippen LogP contribution < -0.4 is 10.6 Å². The second kappa shape index (κ2) is 15.6. The van der Waals surface area contributed by atoms with Gasteiger partial charge < -0.3 is 20.3 Å². The number of unbranched alkanes of at least 4 members (excludes halogenated alkanes) is 5. The lowest BCUT2D eigenvalue weighted by Gasteiger charge is -2.31. The Morgan fingerprint density at radius 2 is 1.56 bits per heavy atom. The number of carbonyl (C=O) groups excluding carboxylic acids is 4. The summed E-state index contributed by atoms with van der Waals surface area (Å²) in [6.45, 7) is 7.65. The summed E-state index contributed by atoms with van der Waals surface area (Å²) in [5.74, 6) is -1.22. The largest absolute Gasteiger partial charge is 0.467 e. The van der Waals surface area contributed by atoms with Crippen molar-refractivity contribution in [2.75, 3.05) is 21.2 Å². The number of carbonyl (C=O) groups is 4. The van der Waals surface area contributed by atoms with Crippen LogP contribution in [0.3, 0.4) is 0 Å². The van der Waals surface area contributed by atoms with E-state index < -0.39 is 23.5 Å². The average Bonchev–Trinajstić information content (AvgIpc) is 2.72. The Labute approximate surface area is 194 Å². The fourth-order valence-electron chi connectivity index (χ4n) is 3.42. The average molecular weight is 456 g/mol. The number of methoxy groups -OCH3 is 1. The molecular formula is C24H45N3O5. The normalized spacial score (nSPS) is 13.8. The molecule has 0 aromatic carbocycles. The Kier molecular flexibility index (Phi) is 14.6. The topological polar surface area (TPSA) is 105 Å². The lowest BCUT2D eigenvalue weighted by molar-refractivity contribution is -0.151. The molecule has 2 unspecified atom stereocenters. The first-order valence-corrected chi connectivity index (χ1v) is 11.9. The lowest BCUT2D eigenvalue weighted by atomic mass is 9.93. The van der Waals surface area contributed by atoms with Crippen LogP contribution in [-0.2, 0) is 23.9 Å². The van der Waals surface area contributed by atoms with Gasteiger partial charge in [-0.15, -0.1) is 0 Å². The van der Waals surface area contributed by atoms with Crippen LogP contribution in [0.5, 0.6) is 0 Å². The van der Waals surface area contributed by atoms with Gasteiger partial charge in [-0.25, -0.2) is 4.79 Å². The van der Waals surface area contributed by atoms with E-state index in [1.54, 1.807) is 21.0 Å². The Hall–Kier alpha value is -2.12. The van der Waals surface area contributed by atoms with Gasteiger partial charge in [0.2, 0.25) is 17.7 Å². The number of esters is 1. The van der Waals surface area contributed by atoms with Gasteiger partial charge in [0, 0.05) is 26.9 Å². The maximum atomic E-state index is 13.0. The highest BCUT2D eigenvalue weighted by Crippen LogP contribution is 2.17. The first-order chi connectivity index (χ1) is 15.0. The van der Waals surface area contributed by atoms with Crippen molar-refractivity contribution < 1.29 is 23.9 Å². The van der Waals surface area contributed by atoms with Crippen molar-refractivity contribution in [2.24, 2.45) is 5.92 Å². The molecule has 8 nitrogen and oxygen atoms in total. The summed E-state index contributed by atoms with van der Waals surface area (Å²) in [6.07, 6.45) is 7.47. The number of hydrogen-bond acceptors (Lipinski definition) is 5. The molecule has 3 amide bonds. The molecule has 0 bridgehead atoms. The maximum absolute atomic E-state index is 13.0. The SMILES string of the molecule is CCCCCCCCC(=O)NC(CC(C)C)C(=O)NC(C)(CCC(=O)N(C)C)C(=O)OC. The van der Waals surface area contributed by atoms with Gasteiger partial charge in [-0.3, -0.25) is 14.4 Å². The van der Waals surface area contributed by atoms with Gasteiger partial charge in [0.1, 0.15) is 11.6 Å². The minimum absolute atomic E-state index is 0.0815. The molecule has 0 aromatic heterocycles. The summed E-state index contributed by atoms with van der Waals surface area (Å²) in [7, 11) is 4.51. The summed E-state index contributed by atoms with van der Waals surface area (Å²) in [6, 6.07) is -0.754. The molecule has 0 radical (unpaired) electrons. The second-order valence-corrected chi connectivity index (χ2v) is 9.37. The third-order valence-corrected chi connectivity index (χ3v) is 5.49. The minimum Gasteiger partial charge on any atom is -0.467 e. The molecule has 0 saturated carbocycles. The van der Waals surface area contributed by atoms with Gasteiger partial charge in [-0.2, -0.15) is 0 Å². The Bertz CT molecular complexity index is 606. The fraction of sp³-hybridized carbons (Fsp3) is 0.833. The molecule has 0 fully saturated rings. The Balaban J connectivity index is 5.07. The standard InChI is InChI=1S/C24H45N3O5/c1-8-9-10-11-12-13-14-20(28)25-19(17-18(2)3)22(30)26-24(4,23(31)32-7)16-15-21(29)27(5)6/h18-19H,8-17H2,1-7H3,(H,25,28)(H,26,30). The van der Waals surface area contributed by atoms with Crippen molar-refractivity contribution in [3.63, 3.8) is 0 Å². The number of amides is 3. The van der Waals surface area contributed by atoms with E-state index in [2.05, 4.69) is 17.6 Å². The lowest BCUT2D eigenvalue weighted by Crippen LogP contribution is -2.58. The van der Waals surface area contributed by atoms with Gasteiger partial charge in [-0.1, -0.05) is 52.9 Å². The minimum atomic E-state index is -1.36. The summed E-state index contributed by atoms with van der Waals surface area (Å²) in [5.41, 5.74) is -1.36. The van der Waals surface area contributed by atoms with Gasteiger partial charge in [0.15, 0.2) is 0 Å². The van der Waals surface area contributed by atoms with Crippen molar-refractivity contribution in [1.82, 2.24) is 15.5 Å². The van der Waals surface area contributed by atoms with Gasteiger partial charge in [0.05, 0.1) is 7.11 Å². The molecule has 0 spiro atoms. The predicted molar refractivity (Wildman–Crippen MR) is 126 cm³/mol. The third-order valence-electron chi connectivity index (χ3n) is 5.49. The van der Waals surface area contributed by atoms with Crippen molar-refractivity contribution in [1.29, 1.82) is 0 Å². The van der Waals surface area contributed by atoms with Crippen molar-refractivity contribution >= 4 is 23.7 Å². The predicted octanol–water partition coefficient (Wildman–Crippen LogP) is 3.18.